The summed E-state index contributed by atoms with van der Waals surface area (Å²) in [4.78, 5) is 30.0. The average molecular weight is 385 g/mol. The molecule has 150 valence electrons. The molecule has 9 heteroatoms. The zero-order valence-electron chi connectivity index (χ0n) is 17.1. The fourth-order valence-electron chi connectivity index (χ4n) is 3.80. The van der Waals surface area contributed by atoms with Crippen molar-refractivity contribution in [1.29, 1.82) is 0 Å². The molecule has 2 aliphatic rings. The zero-order valence-corrected chi connectivity index (χ0v) is 17.1. The summed E-state index contributed by atoms with van der Waals surface area (Å²) in [6.07, 6.45) is 0.317. The number of rotatable bonds is 3. The van der Waals surface area contributed by atoms with Gasteiger partial charge in [0, 0.05) is 45.6 Å². The summed E-state index contributed by atoms with van der Waals surface area (Å²) in [6, 6.07) is 4.00. The van der Waals surface area contributed by atoms with Crippen molar-refractivity contribution in [2.24, 2.45) is 5.92 Å². The number of fused-ring (bicyclic) bond motifs is 1. The fraction of sp³-hybridized carbons (Fsp3) is 0.632. The van der Waals surface area contributed by atoms with Crippen LogP contribution in [0.3, 0.4) is 0 Å². The number of aromatic nitrogens is 4. The third-order valence-electron chi connectivity index (χ3n) is 5.69. The lowest BCUT2D eigenvalue weighted by atomic mass is 9.96. The van der Waals surface area contributed by atoms with Crippen LogP contribution in [0.4, 0.5) is 5.82 Å². The van der Waals surface area contributed by atoms with Gasteiger partial charge >= 0.3 is 0 Å². The van der Waals surface area contributed by atoms with Gasteiger partial charge in [-0.05, 0) is 12.1 Å². The van der Waals surface area contributed by atoms with Crippen molar-refractivity contribution in [2.75, 3.05) is 38.6 Å². The molecule has 0 aliphatic carbocycles. The molecule has 2 aromatic heterocycles. The highest BCUT2D eigenvalue weighted by molar-refractivity contribution is 5.89. The third-order valence-corrected chi connectivity index (χ3v) is 5.69. The van der Waals surface area contributed by atoms with Crippen LogP contribution in [0.1, 0.15) is 33.0 Å². The van der Waals surface area contributed by atoms with E-state index >= 15 is 0 Å². The summed E-state index contributed by atoms with van der Waals surface area (Å²) in [6.45, 7) is 8.23. The van der Waals surface area contributed by atoms with Gasteiger partial charge in [-0.15, -0.1) is 15.3 Å². The smallest absolute Gasteiger partial charge is 0.228 e. The summed E-state index contributed by atoms with van der Waals surface area (Å²) in [5, 5.41) is 13.2. The number of nitrogens with zero attached hydrogens (tertiary/aromatic N) is 7. The second-order valence-electron chi connectivity index (χ2n) is 8.92. The lowest BCUT2D eigenvalue weighted by Gasteiger charge is -2.45. The van der Waals surface area contributed by atoms with Crippen LogP contribution < -0.4 is 4.90 Å². The number of carbonyl (C=O) groups excluding carboxylic acids is 2. The highest BCUT2D eigenvalue weighted by Crippen LogP contribution is 2.26. The molecular weight excluding hydrogens is 358 g/mol. The number of anilines is 1. The molecule has 2 aliphatic heterocycles. The quantitative estimate of drug-likeness (QED) is 0.767. The van der Waals surface area contributed by atoms with E-state index < -0.39 is 0 Å². The Balaban J connectivity index is 1.43. The molecule has 2 saturated heterocycles. The lowest BCUT2D eigenvalue weighted by Crippen LogP contribution is -2.61. The Hall–Kier alpha value is -2.71. The minimum atomic E-state index is -0.225. The minimum Gasteiger partial charge on any atom is -0.351 e. The minimum absolute atomic E-state index is 0.0445. The lowest BCUT2D eigenvalue weighted by molar-refractivity contribution is -0.137. The molecule has 2 amide bonds. The molecule has 0 N–H and O–H groups in total. The van der Waals surface area contributed by atoms with Gasteiger partial charge in [0.25, 0.3) is 0 Å². The highest BCUT2D eigenvalue weighted by atomic mass is 16.2. The van der Waals surface area contributed by atoms with Crippen LogP contribution in [0.15, 0.2) is 12.1 Å². The summed E-state index contributed by atoms with van der Waals surface area (Å²) in [7, 11) is 3.58. The average Bonchev–Trinajstić information content (AvgIpc) is 3.15. The van der Waals surface area contributed by atoms with Gasteiger partial charge in [-0.3, -0.25) is 9.59 Å². The van der Waals surface area contributed by atoms with E-state index in [0.717, 1.165) is 30.4 Å². The number of hydrogen-bond acceptors (Lipinski definition) is 6. The van der Waals surface area contributed by atoms with Gasteiger partial charge < -0.3 is 14.7 Å². The van der Waals surface area contributed by atoms with Crippen LogP contribution in [0.2, 0.25) is 0 Å². The second kappa shape index (κ2) is 6.42. The van der Waals surface area contributed by atoms with Crippen LogP contribution in [0.5, 0.6) is 0 Å². The van der Waals surface area contributed by atoms with Crippen molar-refractivity contribution in [2.45, 2.75) is 38.6 Å². The highest BCUT2D eigenvalue weighted by Gasteiger charge is 2.39. The molecule has 0 spiro atoms. The van der Waals surface area contributed by atoms with Crippen molar-refractivity contribution in [3.05, 3.63) is 18.0 Å². The Kier molecular flexibility index (Phi) is 4.28. The van der Waals surface area contributed by atoms with Crippen molar-refractivity contribution in [3.8, 4) is 0 Å². The Morgan fingerprint density at radius 2 is 1.89 bits per heavy atom. The van der Waals surface area contributed by atoms with Gasteiger partial charge in [-0.1, -0.05) is 20.8 Å². The predicted octanol–water partition coefficient (Wildman–Crippen LogP) is 0.547. The van der Waals surface area contributed by atoms with Gasteiger partial charge in [0.1, 0.15) is 5.82 Å². The van der Waals surface area contributed by atoms with E-state index in [0.29, 0.717) is 13.0 Å². The molecule has 0 radical (unpaired) electrons. The van der Waals surface area contributed by atoms with E-state index in [1.54, 1.807) is 21.4 Å². The topological polar surface area (TPSA) is 86.9 Å². The van der Waals surface area contributed by atoms with E-state index in [4.69, 9.17) is 5.10 Å². The van der Waals surface area contributed by atoms with E-state index in [-0.39, 0.29) is 29.2 Å². The summed E-state index contributed by atoms with van der Waals surface area (Å²) >= 11 is 0. The normalized spacial score (nSPS) is 20.8. The molecule has 2 fully saturated rings. The van der Waals surface area contributed by atoms with E-state index in [9.17, 15) is 9.59 Å². The maximum absolute atomic E-state index is 12.7. The van der Waals surface area contributed by atoms with Gasteiger partial charge in [-0.2, -0.15) is 4.52 Å². The molecule has 1 unspecified atom stereocenters. The molecule has 2 aromatic rings. The molecular formula is C19H27N7O2. The maximum Gasteiger partial charge on any atom is 0.228 e. The second-order valence-corrected chi connectivity index (χ2v) is 8.92. The molecule has 0 saturated carbocycles. The monoisotopic (exact) mass is 385 g/mol. The molecule has 28 heavy (non-hydrogen) atoms. The Bertz CT molecular complexity index is 926. The van der Waals surface area contributed by atoms with Crippen molar-refractivity contribution in [3.63, 3.8) is 0 Å². The number of hydrogen-bond donors (Lipinski definition) is 0. The van der Waals surface area contributed by atoms with Gasteiger partial charge in [-0.25, -0.2) is 0 Å². The van der Waals surface area contributed by atoms with Crippen molar-refractivity contribution in [1.82, 2.24) is 29.6 Å². The Labute approximate surface area is 164 Å². The first-order valence-electron chi connectivity index (χ1n) is 9.63. The van der Waals surface area contributed by atoms with Gasteiger partial charge in [0.05, 0.1) is 12.0 Å². The summed E-state index contributed by atoms with van der Waals surface area (Å²) in [5.74, 6) is 1.55. The molecule has 4 rings (SSSR count). The maximum atomic E-state index is 12.7. The Morgan fingerprint density at radius 3 is 2.50 bits per heavy atom. The van der Waals surface area contributed by atoms with Crippen LogP contribution in [-0.4, -0.2) is 81.2 Å². The Morgan fingerprint density at radius 1 is 1.18 bits per heavy atom. The number of likely N-dealkylation sites (N-methyl/N-ethyl adjacent to an activating group) is 1. The van der Waals surface area contributed by atoms with Gasteiger partial charge in [0.15, 0.2) is 11.5 Å². The first-order valence-corrected chi connectivity index (χ1v) is 9.63. The van der Waals surface area contributed by atoms with Crippen molar-refractivity contribution >= 4 is 23.3 Å². The van der Waals surface area contributed by atoms with Crippen LogP contribution >= 0.6 is 0 Å². The van der Waals surface area contributed by atoms with E-state index in [2.05, 4.69) is 35.9 Å². The van der Waals surface area contributed by atoms with Gasteiger partial charge in [0.2, 0.25) is 11.8 Å². The third kappa shape index (κ3) is 3.08. The molecule has 4 heterocycles. The molecule has 0 aromatic carbocycles. The fourth-order valence-corrected chi connectivity index (χ4v) is 3.80. The molecule has 1 atom stereocenters. The van der Waals surface area contributed by atoms with Crippen LogP contribution in [-0.2, 0) is 15.0 Å². The number of likely N-dealkylation sites (tertiary alicyclic amines) is 1. The number of carbonyl (C=O) groups is 2. The standard InChI is InChI=1S/C19H27N7O2/c1-19(2,3)18-21-20-14-6-7-15(22-26(14)18)25-10-13(11-25)24(5)17(28)12-8-16(27)23(4)9-12/h6-7,12-13H,8-11H2,1-5H3. The van der Waals surface area contributed by atoms with Crippen molar-refractivity contribution < 1.29 is 9.59 Å². The molecule has 0 bridgehead atoms. The summed E-state index contributed by atoms with van der Waals surface area (Å²) < 4.78 is 1.80. The molecule has 9 nitrogen and oxygen atoms in total. The summed E-state index contributed by atoms with van der Waals surface area (Å²) in [5.41, 5.74) is 0.578. The largest absolute Gasteiger partial charge is 0.351 e. The van der Waals surface area contributed by atoms with Crippen LogP contribution in [0, 0.1) is 5.92 Å². The first kappa shape index (κ1) is 18.6. The van der Waals surface area contributed by atoms with E-state index in [1.165, 1.54) is 0 Å². The zero-order chi connectivity index (χ0) is 20.2. The SMILES string of the molecule is CN1CC(C(=O)N(C)C2CN(c3ccc4nnc(C(C)(C)C)n4n3)C2)CC1=O. The number of amides is 2. The van der Waals surface area contributed by atoms with Crippen LogP contribution in [0.25, 0.3) is 5.65 Å². The predicted molar refractivity (Wildman–Crippen MR) is 104 cm³/mol. The van der Waals surface area contributed by atoms with E-state index in [1.807, 2.05) is 19.2 Å². The first-order chi connectivity index (χ1) is 13.1.